The second-order valence-corrected chi connectivity index (χ2v) is 5.26. The summed E-state index contributed by atoms with van der Waals surface area (Å²) in [6.07, 6.45) is 1.55. The summed E-state index contributed by atoms with van der Waals surface area (Å²) in [5, 5.41) is 10.0. The van der Waals surface area contributed by atoms with Gasteiger partial charge in [-0.15, -0.1) is 0 Å². The molecule has 6 heteroatoms. The smallest absolute Gasteiger partial charge is 0.328 e. The first-order chi connectivity index (χ1) is 8.41. The molecule has 0 amide bonds. The van der Waals surface area contributed by atoms with Crippen LogP contribution in [0, 0.1) is 5.92 Å². The number of halogens is 2. The molecule has 1 aromatic carbocycles. The van der Waals surface area contributed by atoms with E-state index < -0.39 is 11.5 Å². The Morgan fingerprint density at radius 1 is 1.50 bits per heavy atom. The van der Waals surface area contributed by atoms with E-state index in [4.69, 9.17) is 33.7 Å². The largest absolute Gasteiger partial charge is 0.495 e. The quantitative estimate of drug-likeness (QED) is 0.894. The summed E-state index contributed by atoms with van der Waals surface area (Å²) >= 11 is 11.9. The zero-order chi connectivity index (χ0) is 13.5. The van der Waals surface area contributed by atoms with E-state index in [9.17, 15) is 9.90 Å². The summed E-state index contributed by atoms with van der Waals surface area (Å²) in [7, 11) is 1.42. The molecule has 0 heterocycles. The van der Waals surface area contributed by atoms with Crippen LogP contribution in [0.3, 0.4) is 0 Å². The van der Waals surface area contributed by atoms with Crippen molar-refractivity contribution in [3.05, 3.63) is 27.7 Å². The Balaban J connectivity index is 2.64. The molecule has 0 saturated heterocycles. The number of ether oxygens (including phenoxy) is 1. The molecule has 1 unspecified atom stereocenters. The molecule has 4 nitrogen and oxygen atoms in total. The first-order valence-electron chi connectivity index (χ1n) is 5.47. The Kier molecular flexibility index (Phi) is 3.45. The van der Waals surface area contributed by atoms with Gasteiger partial charge in [0.1, 0.15) is 11.3 Å². The van der Waals surface area contributed by atoms with E-state index in [0.717, 1.165) is 12.8 Å². The van der Waals surface area contributed by atoms with E-state index in [-0.39, 0.29) is 16.7 Å². The van der Waals surface area contributed by atoms with E-state index in [0.29, 0.717) is 10.6 Å². The predicted molar refractivity (Wildman–Crippen MR) is 69.2 cm³/mol. The number of benzene rings is 1. The number of carboxylic acids is 1. The maximum atomic E-state index is 11.5. The molecule has 3 N–H and O–H groups in total. The van der Waals surface area contributed by atoms with E-state index in [1.54, 1.807) is 0 Å². The maximum Gasteiger partial charge on any atom is 0.328 e. The summed E-state index contributed by atoms with van der Waals surface area (Å²) in [6.45, 7) is 0. The molecule has 1 fully saturated rings. The molecule has 0 aliphatic heterocycles. The van der Waals surface area contributed by atoms with Crippen molar-refractivity contribution in [2.75, 3.05) is 7.11 Å². The van der Waals surface area contributed by atoms with Crippen molar-refractivity contribution in [1.29, 1.82) is 0 Å². The molecule has 1 aromatic rings. The van der Waals surface area contributed by atoms with Crippen molar-refractivity contribution in [3.63, 3.8) is 0 Å². The van der Waals surface area contributed by atoms with Crippen molar-refractivity contribution in [2.45, 2.75) is 18.4 Å². The predicted octanol–water partition coefficient (Wildman–Crippen LogP) is 2.65. The van der Waals surface area contributed by atoms with Crippen LogP contribution in [0.4, 0.5) is 0 Å². The Bertz CT molecular complexity index is 502. The molecule has 1 aliphatic rings. The summed E-state index contributed by atoms with van der Waals surface area (Å²) in [4.78, 5) is 11.5. The van der Waals surface area contributed by atoms with Crippen molar-refractivity contribution >= 4 is 29.2 Å². The maximum absolute atomic E-state index is 11.5. The van der Waals surface area contributed by atoms with Gasteiger partial charge in [-0.05, 0) is 30.9 Å². The molecule has 1 saturated carbocycles. The highest BCUT2D eigenvalue weighted by Crippen LogP contribution is 2.48. The van der Waals surface area contributed by atoms with Crippen LogP contribution in [0.15, 0.2) is 12.1 Å². The highest BCUT2D eigenvalue weighted by molar-refractivity contribution is 6.35. The lowest BCUT2D eigenvalue weighted by atomic mass is 9.85. The third kappa shape index (κ3) is 2.05. The van der Waals surface area contributed by atoms with Crippen LogP contribution < -0.4 is 10.5 Å². The van der Waals surface area contributed by atoms with Crippen LogP contribution in [0.2, 0.25) is 10.0 Å². The van der Waals surface area contributed by atoms with Gasteiger partial charge in [-0.2, -0.15) is 0 Å². The van der Waals surface area contributed by atoms with Gasteiger partial charge in [0, 0.05) is 10.6 Å². The summed E-state index contributed by atoms with van der Waals surface area (Å²) in [5.41, 5.74) is 4.92. The third-order valence-corrected chi connectivity index (χ3v) is 3.73. The Hall–Kier alpha value is -0.970. The number of nitrogens with two attached hydrogens (primary N) is 1. The Morgan fingerprint density at radius 3 is 2.56 bits per heavy atom. The zero-order valence-corrected chi connectivity index (χ0v) is 11.3. The molecular weight excluding hydrogens is 277 g/mol. The van der Waals surface area contributed by atoms with Crippen LogP contribution in [-0.2, 0) is 10.3 Å². The third-order valence-electron chi connectivity index (χ3n) is 3.23. The van der Waals surface area contributed by atoms with Crippen molar-refractivity contribution in [2.24, 2.45) is 11.7 Å². The van der Waals surface area contributed by atoms with Gasteiger partial charge >= 0.3 is 5.97 Å². The molecule has 0 spiro atoms. The number of hydrogen-bond acceptors (Lipinski definition) is 3. The lowest BCUT2D eigenvalue weighted by Crippen LogP contribution is -2.47. The number of carboxylic acid groups (broad SMARTS) is 1. The lowest BCUT2D eigenvalue weighted by Gasteiger charge is -2.27. The minimum atomic E-state index is -1.50. The number of rotatable bonds is 4. The van der Waals surface area contributed by atoms with Gasteiger partial charge in [-0.3, -0.25) is 0 Å². The molecular formula is C12H13Cl2NO3. The number of aliphatic carboxylic acids is 1. The number of hydrogen-bond donors (Lipinski definition) is 2. The Labute approximate surface area is 115 Å². The number of carbonyl (C=O) groups is 1. The SMILES string of the molecule is COc1c(Cl)cc(Cl)cc1C(N)(C(=O)O)C1CC1. The van der Waals surface area contributed by atoms with Crippen LogP contribution in [0.1, 0.15) is 18.4 Å². The summed E-state index contributed by atoms with van der Waals surface area (Å²) in [5.74, 6) is -0.932. The Morgan fingerprint density at radius 2 is 2.11 bits per heavy atom. The summed E-state index contributed by atoms with van der Waals surface area (Å²) in [6, 6.07) is 3.01. The highest BCUT2D eigenvalue weighted by atomic mass is 35.5. The fourth-order valence-electron chi connectivity index (χ4n) is 2.12. The molecule has 1 atom stereocenters. The van der Waals surface area contributed by atoms with Crippen molar-refractivity contribution in [3.8, 4) is 5.75 Å². The first kappa shape index (κ1) is 13.5. The average Bonchev–Trinajstić information content (AvgIpc) is 3.10. The van der Waals surface area contributed by atoms with E-state index in [1.807, 2.05) is 0 Å². The van der Waals surface area contributed by atoms with Gasteiger partial charge in [0.15, 0.2) is 0 Å². The van der Waals surface area contributed by atoms with Crippen molar-refractivity contribution < 1.29 is 14.6 Å². The minimum Gasteiger partial charge on any atom is -0.495 e. The van der Waals surface area contributed by atoms with Gasteiger partial charge in [0.25, 0.3) is 0 Å². The normalized spacial score (nSPS) is 18.2. The molecule has 0 bridgehead atoms. The van der Waals surface area contributed by atoms with Gasteiger partial charge in [-0.1, -0.05) is 23.2 Å². The lowest BCUT2D eigenvalue weighted by molar-refractivity contribution is -0.144. The number of methoxy groups -OCH3 is 1. The topological polar surface area (TPSA) is 72.5 Å². The fraction of sp³-hybridized carbons (Fsp3) is 0.417. The van der Waals surface area contributed by atoms with Crippen molar-refractivity contribution in [1.82, 2.24) is 0 Å². The fourth-order valence-corrected chi connectivity index (χ4v) is 2.69. The van der Waals surface area contributed by atoms with E-state index in [2.05, 4.69) is 0 Å². The molecule has 0 aromatic heterocycles. The van der Waals surface area contributed by atoms with Crippen LogP contribution in [0.5, 0.6) is 5.75 Å². The standard InChI is InChI=1S/C12H13Cl2NO3/c1-18-10-8(4-7(13)5-9(10)14)12(15,11(16)17)6-2-3-6/h4-6H,2-3,15H2,1H3,(H,16,17). The van der Waals surface area contributed by atoms with Crippen LogP contribution in [0.25, 0.3) is 0 Å². The van der Waals surface area contributed by atoms with Crippen LogP contribution in [-0.4, -0.2) is 18.2 Å². The molecule has 98 valence electrons. The van der Waals surface area contributed by atoms with E-state index in [1.165, 1.54) is 19.2 Å². The average molecular weight is 290 g/mol. The monoisotopic (exact) mass is 289 g/mol. The van der Waals surface area contributed by atoms with Gasteiger partial charge in [0.05, 0.1) is 12.1 Å². The molecule has 1 aliphatic carbocycles. The van der Waals surface area contributed by atoms with Gasteiger partial charge in [0.2, 0.25) is 0 Å². The second-order valence-electron chi connectivity index (χ2n) is 4.42. The summed E-state index contributed by atoms with van der Waals surface area (Å²) < 4.78 is 5.17. The second kappa shape index (κ2) is 4.61. The minimum absolute atomic E-state index is 0.113. The zero-order valence-electron chi connectivity index (χ0n) is 9.74. The molecule has 0 radical (unpaired) electrons. The van der Waals surface area contributed by atoms with Gasteiger partial charge in [-0.25, -0.2) is 4.79 Å². The highest BCUT2D eigenvalue weighted by Gasteiger charge is 2.51. The van der Waals surface area contributed by atoms with Crippen LogP contribution >= 0.6 is 23.2 Å². The van der Waals surface area contributed by atoms with E-state index >= 15 is 0 Å². The molecule has 2 rings (SSSR count). The van der Waals surface area contributed by atoms with Gasteiger partial charge < -0.3 is 15.6 Å². The molecule has 18 heavy (non-hydrogen) atoms. The first-order valence-corrected chi connectivity index (χ1v) is 6.22.